The molecule has 0 saturated heterocycles. The summed E-state index contributed by atoms with van der Waals surface area (Å²) < 4.78 is 18.2. The molecule has 0 aromatic heterocycles. The number of hydrogen-bond donors (Lipinski definition) is 0. The predicted molar refractivity (Wildman–Crippen MR) is 67.4 cm³/mol. The maximum absolute atomic E-state index is 12.7. The average molecular weight is 244 g/mol. The van der Waals surface area contributed by atoms with Gasteiger partial charge in [0.25, 0.3) is 0 Å². The highest BCUT2D eigenvalue weighted by Crippen LogP contribution is 2.12. The first-order valence-corrected chi connectivity index (χ1v) is 5.70. The minimum absolute atomic E-state index is 0.238. The Labute approximate surface area is 105 Å². The van der Waals surface area contributed by atoms with Crippen molar-refractivity contribution in [2.24, 2.45) is 0 Å². The predicted octanol–water partition coefficient (Wildman–Crippen LogP) is 3.26. The maximum Gasteiger partial charge on any atom is 0.150 e. The number of halogens is 1. The van der Waals surface area contributed by atoms with Crippen molar-refractivity contribution in [1.82, 2.24) is 0 Å². The first kappa shape index (κ1) is 12.3. The summed E-state index contributed by atoms with van der Waals surface area (Å²) in [4.78, 5) is 10.6. The molecule has 0 fully saturated rings. The van der Waals surface area contributed by atoms with Crippen LogP contribution in [0.3, 0.4) is 0 Å². The molecule has 0 saturated carbocycles. The van der Waals surface area contributed by atoms with Gasteiger partial charge in [-0.2, -0.15) is 0 Å². The van der Waals surface area contributed by atoms with Crippen molar-refractivity contribution in [3.05, 3.63) is 65.5 Å². The van der Waals surface area contributed by atoms with Gasteiger partial charge in [0.15, 0.2) is 0 Å². The SMILES string of the molecule is O=Cc1cccc(OCCc2ccc(F)cc2)c1. The molecule has 2 aromatic rings. The number of benzene rings is 2. The van der Waals surface area contributed by atoms with Crippen LogP contribution >= 0.6 is 0 Å². The molecule has 92 valence electrons. The van der Waals surface area contributed by atoms with Crippen LogP contribution in [0.5, 0.6) is 5.75 Å². The van der Waals surface area contributed by atoms with Crippen LogP contribution < -0.4 is 4.74 Å². The molecule has 0 radical (unpaired) electrons. The van der Waals surface area contributed by atoms with Crippen LogP contribution in [0.2, 0.25) is 0 Å². The summed E-state index contributed by atoms with van der Waals surface area (Å²) in [6.07, 6.45) is 1.48. The topological polar surface area (TPSA) is 26.3 Å². The van der Waals surface area contributed by atoms with Crippen molar-refractivity contribution in [2.45, 2.75) is 6.42 Å². The zero-order valence-electron chi connectivity index (χ0n) is 9.80. The van der Waals surface area contributed by atoms with Gasteiger partial charge in [-0.25, -0.2) is 4.39 Å². The lowest BCUT2D eigenvalue weighted by Gasteiger charge is -2.06. The maximum atomic E-state index is 12.7. The van der Waals surface area contributed by atoms with E-state index >= 15 is 0 Å². The number of ether oxygens (including phenoxy) is 1. The van der Waals surface area contributed by atoms with Crippen molar-refractivity contribution in [2.75, 3.05) is 6.61 Å². The van der Waals surface area contributed by atoms with Crippen molar-refractivity contribution in [1.29, 1.82) is 0 Å². The van der Waals surface area contributed by atoms with Crippen molar-refractivity contribution >= 4 is 6.29 Å². The van der Waals surface area contributed by atoms with Gasteiger partial charge in [-0.1, -0.05) is 24.3 Å². The highest BCUT2D eigenvalue weighted by Gasteiger charge is 1.98. The van der Waals surface area contributed by atoms with Gasteiger partial charge >= 0.3 is 0 Å². The quantitative estimate of drug-likeness (QED) is 0.754. The van der Waals surface area contributed by atoms with Crippen LogP contribution in [0, 0.1) is 5.82 Å². The monoisotopic (exact) mass is 244 g/mol. The summed E-state index contributed by atoms with van der Waals surface area (Å²) in [6, 6.07) is 13.3. The van der Waals surface area contributed by atoms with E-state index in [0.717, 1.165) is 11.8 Å². The number of rotatable bonds is 5. The van der Waals surface area contributed by atoms with Crippen LogP contribution in [0.25, 0.3) is 0 Å². The molecule has 3 heteroatoms. The molecule has 2 aromatic carbocycles. The molecule has 2 nitrogen and oxygen atoms in total. The van der Waals surface area contributed by atoms with Gasteiger partial charge < -0.3 is 4.74 Å². The third kappa shape index (κ3) is 3.42. The summed E-state index contributed by atoms with van der Waals surface area (Å²) in [5.74, 6) is 0.431. The van der Waals surface area contributed by atoms with Crippen LogP contribution in [-0.2, 0) is 6.42 Å². The normalized spacial score (nSPS) is 10.1. The fraction of sp³-hybridized carbons (Fsp3) is 0.133. The smallest absolute Gasteiger partial charge is 0.150 e. The largest absolute Gasteiger partial charge is 0.493 e. The van der Waals surface area contributed by atoms with E-state index in [1.807, 2.05) is 0 Å². The van der Waals surface area contributed by atoms with Crippen LogP contribution in [0.15, 0.2) is 48.5 Å². The molecule has 0 spiro atoms. The van der Waals surface area contributed by atoms with Gasteiger partial charge in [0, 0.05) is 12.0 Å². The Kier molecular flexibility index (Phi) is 4.07. The van der Waals surface area contributed by atoms with E-state index in [-0.39, 0.29) is 5.82 Å². The van der Waals surface area contributed by atoms with Crippen LogP contribution in [0.1, 0.15) is 15.9 Å². The molecule has 2 rings (SSSR count). The molecule has 0 atom stereocenters. The van der Waals surface area contributed by atoms with Gasteiger partial charge in [0.05, 0.1) is 6.61 Å². The minimum atomic E-state index is -0.238. The Balaban J connectivity index is 1.88. The summed E-state index contributed by atoms with van der Waals surface area (Å²) >= 11 is 0. The number of carbonyl (C=O) groups excluding carboxylic acids is 1. The van der Waals surface area contributed by atoms with Crippen LogP contribution in [-0.4, -0.2) is 12.9 Å². The van der Waals surface area contributed by atoms with Crippen molar-refractivity contribution < 1.29 is 13.9 Å². The van der Waals surface area contributed by atoms with Crippen LogP contribution in [0.4, 0.5) is 4.39 Å². The minimum Gasteiger partial charge on any atom is -0.493 e. The molecule has 0 aliphatic rings. The molecule has 18 heavy (non-hydrogen) atoms. The molecule has 0 N–H and O–H groups in total. The lowest BCUT2D eigenvalue weighted by atomic mass is 10.1. The molecule has 0 aliphatic carbocycles. The summed E-state index contributed by atoms with van der Waals surface area (Å²) in [6.45, 7) is 0.494. The first-order valence-electron chi connectivity index (χ1n) is 5.70. The van der Waals surface area contributed by atoms with E-state index in [1.165, 1.54) is 12.1 Å². The zero-order valence-corrected chi connectivity index (χ0v) is 9.80. The van der Waals surface area contributed by atoms with E-state index < -0.39 is 0 Å². The molecule has 0 aliphatic heterocycles. The Morgan fingerprint density at radius 2 is 1.89 bits per heavy atom. The summed E-state index contributed by atoms with van der Waals surface area (Å²) in [5.41, 5.74) is 1.61. The Hall–Kier alpha value is -2.16. The van der Waals surface area contributed by atoms with E-state index in [0.29, 0.717) is 24.3 Å². The Bertz CT molecular complexity index is 520. The Morgan fingerprint density at radius 3 is 2.61 bits per heavy atom. The average Bonchev–Trinajstić information content (AvgIpc) is 2.41. The van der Waals surface area contributed by atoms with Crippen molar-refractivity contribution in [3.63, 3.8) is 0 Å². The molecule has 0 bridgehead atoms. The van der Waals surface area contributed by atoms with E-state index in [9.17, 15) is 9.18 Å². The second-order valence-corrected chi connectivity index (χ2v) is 3.92. The molecular formula is C15H13FO2. The van der Waals surface area contributed by atoms with Gasteiger partial charge in [0.1, 0.15) is 17.9 Å². The van der Waals surface area contributed by atoms with Gasteiger partial charge in [-0.15, -0.1) is 0 Å². The molecule has 0 amide bonds. The highest BCUT2D eigenvalue weighted by atomic mass is 19.1. The standard InChI is InChI=1S/C15H13FO2/c16-14-6-4-12(5-7-14)8-9-18-15-3-1-2-13(10-15)11-17/h1-7,10-11H,8-9H2. The van der Waals surface area contributed by atoms with E-state index in [2.05, 4.69) is 0 Å². The second-order valence-electron chi connectivity index (χ2n) is 3.92. The number of carbonyl (C=O) groups is 1. The van der Waals surface area contributed by atoms with Gasteiger partial charge in [-0.3, -0.25) is 4.79 Å². The van der Waals surface area contributed by atoms with Gasteiger partial charge in [0.2, 0.25) is 0 Å². The first-order chi connectivity index (χ1) is 8.78. The Morgan fingerprint density at radius 1 is 1.11 bits per heavy atom. The highest BCUT2D eigenvalue weighted by molar-refractivity contribution is 5.75. The fourth-order valence-electron chi connectivity index (χ4n) is 1.62. The number of aldehydes is 1. The summed E-state index contributed by atoms with van der Waals surface area (Å²) in [7, 11) is 0. The molecule has 0 heterocycles. The van der Waals surface area contributed by atoms with E-state index in [4.69, 9.17) is 4.74 Å². The number of hydrogen-bond acceptors (Lipinski definition) is 2. The lowest BCUT2D eigenvalue weighted by molar-refractivity contribution is 0.112. The molecular weight excluding hydrogens is 231 g/mol. The summed E-state index contributed by atoms with van der Waals surface area (Å²) in [5, 5.41) is 0. The fourth-order valence-corrected chi connectivity index (χ4v) is 1.62. The van der Waals surface area contributed by atoms with Gasteiger partial charge in [-0.05, 0) is 29.8 Å². The van der Waals surface area contributed by atoms with Crippen molar-refractivity contribution in [3.8, 4) is 5.75 Å². The third-order valence-corrected chi connectivity index (χ3v) is 2.57. The molecule has 0 unspecified atom stereocenters. The third-order valence-electron chi connectivity index (χ3n) is 2.57. The lowest BCUT2D eigenvalue weighted by Crippen LogP contribution is -2.01. The zero-order chi connectivity index (χ0) is 12.8. The van der Waals surface area contributed by atoms with E-state index in [1.54, 1.807) is 36.4 Å². The second kappa shape index (κ2) is 5.96.